The fourth-order valence-electron chi connectivity index (χ4n) is 3.07. The molecular formula is C18H24ClN5. The fraction of sp³-hybridized carbons (Fsp3) is 0.444. The summed E-state index contributed by atoms with van der Waals surface area (Å²) in [4.78, 5) is 11.1. The van der Waals surface area contributed by atoms with Crippen LogP contribution >= 0.6 is 11.6 Å². The summed E-state index contributed by atoms with van der Waals surface area (Å²) in [5.74, 6) is 1.00. The zero-order chi connectivity index (χ0) is 16.9. The molecule has 2 heterocycles. The van der Waals surface area contributed by atoms with Crippen molar-refractivity contribution in [3.8, 4) is 11.3 Å². The van der Waals surface area contributed by atoms with Gasteiger partial charge in [0.2, 0.25) is 5.95 Å². The van der Waals surface area contributed by atoms with Crippen molar-refractivity contribution in [2.75, 3.05) is 37.2 Å². The van der Waals surface area contributed by atoms with Crippen molar-refractivity contribution in [2.24, 2.45) is 0 Å². The molecule has 0 unspecified atom stereocenters. The largest absolute Gasteiger partial charge is 0.370 e. The van der Waals surface area contributed by atoms with E-state index >= 15 is 0 Å². The molecule has 6 heteroatoms. The van der Waals surface area contributed by atoms with Gasteiger partial charge < -0.3 is 16.0 Å². The lowest BCUT2D eigenvalue weighted by molar-refractivity contribution is 0.337. The van der Waals surface area contributed by atoms with Crippen molar-refractivity contribution in [3.05, 3.63) is 34.9 Å². The molecule has 128 valence electrons. The standard InChI is InChI=1S/C18H24ClN5/c1-13-6-4-7-14(17(13)19)15-12-16(23-18(20)22-15)21-8-5-11-24-9-2-3-10-24/h4,6-7,12H,2-3,5,8-11H2,1H3,(H3,20,21,22,23). The molecule has 0 bridgehead atoms. The Labute approximate surface area is 148 Å². The van der Waals surface area contributed by atoms with Gasteiger partial charge >= 0.3 is 0 Å². The number of aromatic nitrogens is 2. The molecule has 3 N–H and O–H groups in total. The minimum Gasteiger partial charge on any atom is -0.370 e. The minimum atomic E-state index is 0.257. The summed E-state index contributed by atoms with van der Waals surface area (Å²) in [7, 11) is 0. The SMILES string of the molecule is Cc1cccc(-c2cc(NCCCN3CCCC3)nc(N)n2)c1Cl. The van der Waals surface area contributed by atoms with Crippen molar-refractivity contribution < 1.29 is 0 Å². The van der Waals surface area contributed by atoms with Gasteiger partial charge in [0.15, 0.2) is 0 Å². The summed E-state index contributed by atoms with van der Waals surface area (Å²) in [6.45, 7) is 6.44. The van der Waals surface area contributed by atoms with E-state index in [2.05, 4.69) is 20.2 Å². The Bertz CT molecular complexity index is 698. The Morgan fingerprint density at radius 1 is 1.25 bits per heavy atom. The van der Waals surface area contributed by atoms with Crippen LogP contribution in [-0.2, 0) is 0 Å². The van der Waals surface area contributed by atoms with Crippen molar-refractivity contribution in [1.82, 2.24) is 14.9 Å². The molecule has 0 aliphatic carbocycles. The van der Waals surface area contributed by atoms with Crippen molar-refractivity contribution in [1.29, 1.82) is 0 Å². The average molecular weight is 346 g/mol. The smallest absolute Gasteiger partial charge is 0.222 e. The Balaban J connectivity index is 1.66. The van der Waals surface area contributed by atoms with Gasteiger partial charge in [-0.1, -0.05) is 29.8 Å². The molecule has 1 fully saturated rings. The maximum Gasteiger partial charge on any atom is 0.222 e. The lowest BCUT2D eigenvalue weighted by atomic mass is 10.1. The van der Waals surface area contributed by atoms with Crippen LogP contribution < -0.4 is 11.1 Å². The normalized spacial score (nSPS) is 14.9. The third-order valence-electron chi connectivity index (χ3n) is 4.37. The van der Waals surface area contributed by atoms with Crippen LogP contribution in [0.2, 0.25) is 5.02 Å². The quantitative estimate of drug-likeness (QED) is 0.783. The highest BCUT2D eigenvalue weighted by molar-refractivity contribution is 6.34. The molecule has 1 aliphatic heterocycles. The number of rotatable bonds is 6. The number of hydrogen-bond donors (Lipinski definition) is 2. The van der Waals surface area contributed by atoms with Crippen LogP contribution in [0.1, 0.15) is 24.8 Å². The number of nitrogens with two attached hydrogens (primary N) is 1. The minimum absolute atomic E-state index is 0.257. The molecule has 1 saturated heterocycles. The maximum absolute atomic E-state index is 6.40. The fourth-order valence-corrected chi connectivity index (χ4v) is 3.29. The first kappa shape index (κ1) is 17.0. The third kappa shape index (κ3) is 4.16. The molecule has 1 aromatic carbocycles. The van der Waals surface area contributed by atoms with Gasteiger partial charge in [0.05, 0.1) is 10.7 Å². The summed E-state index contributed by atoms with van der Waals surface area (Å²) in [5, 5.41) is 4.06. The lowest BCUT2D eigenvalue weighted by Gasteiger charge is -2.15. The second-order valence-electron chi connectivity index (χ2n) is 6.26. The van der Waals surface area contributed by atoms with Crippen LogP contribution in [0.3, 0.4) is 0 Å². The molecule has 2 aromatic rings. The topological polar surface area (TPSA) is 67.1 Å². The van der Waals surface area contributed by atoms with Gasteiger partial charge in [-0.15, -0.1) is 0 Å². The number of likely N-dealkylation sites (tertiary alicyclic amines) is 1. The molecule has 0 amide bonds. The molecule has 0 atom stereocenters. The zero-order valence-electron chi connectivity index (χ0n) is 14.1. The van der Waals surface area contributed by atoms with E-state index in [-0.39, 0.29) is 5.95 Å². The van der Waals surface area contributed by atoms with Gasteiger partial charge in [-0.2, -0.15) is 4.98 Å². The lowest BCUT2D eigenvalue weighted by Crippen LogP contribution is -2.22. The van der Waals surface area contributed by atoms with E-state index in [0.717, 1.165) is 42.1 Å². The van der Waals surface area contributed by atoms with Gasteiger partial charge in [0.1, 0.15) is 5.82 Å². The molecular weight excluding hydrogens is 322 g/mol. The summed E-state index contributed by atoms with van der Waals surface area (Å²) >= 11 is 6.40. The van der Waals surface area contributed by atoms with E-state index in [0.29, 0.717) is 5.02 Å². The number of hydrogen-bond acceptors (Lipinski definition) is 5. The Morgan fingerprint density at radius 3 is 2.83 bits per heavy atom. The molecule has 3 rings (SSSR count). The van der Waals surface area contributed by atoms with E-state index in [1.807, 2.05) is 31.2 Å². The molecule has 0 radical (unpaired) electrons. The summed E-state index contributed by atoms with van der Waals surface area (Å²) in [5.41, 5.74) is 8.52. The number of benzene rings is 1. The monoisotopic (exact) mass is 345 g/mol. The van der Waals surface area contributed by atoms with Gasteiger partial charge in [-0.05, 0) is 51.4 Å². The van der Waals surface area contributed by atoms with E-state index < -0.39 is 0 Å². The number of halogens is 1. The first-order valence-corrected chi connectivity index (χ1v) is 8.87. The molecule has 0 spiro atoms. The van der Waals surface area contributed by atoms with Crippen LogP contribution in [0.15, 0.2) is 24.3 Å². The summed E-state index contributed by atoms with van der Waals surface area (Å²) in [6.07, 6.45) is 3.75. The Morgan fingerprint density at radius 2 is 2.04 bits per heavy atom. The van der Waals surface area contributed by atoms with Gasteiger partial charge in [0.25, 0.3) is 0 Å². The highest BCUT2D eigenvalue weighted by atomic mass is 35.5. The van der Waals surface area contributed by atoms with Crippen LogP contribution in [-0.4, -0.2) is 41.0 Å². The van der Waals surface area contributed by atoms with Crippen LogP contribution in [0.5, 0.6) is 0 Å². The predicted octanol–water partition coefficient (Wildman–Crippen LogP) is 3.59. The third-order valence-corrected chi connectivity index (χ3v) is 4.87. The Hall–Kier alpha value is -1.85. The number of aryl methyl sites for hydroxylation is 1. The van der Waals surface area contributed by atoms with Gasteiger partial charge in [0, 0.05) is 18.2 Å². The van der Waals surface area contributed by atoms with Crippen molar-refractivity contribution >= 4 is 23.4 Å². The van der Waals surface area contributed by atoms with Crippen molar-refractivity contribution in [2.45, 2.75) is 26.2 Å². The average Bonchev–Trinajstić information content (AvgIpc) is 3.07. The molecule has 5 nitrogen and oxygen atoms in total. The number of nitrogen functional groups attached to an aromatic ring is 1. The number of nitrogens with one attached hydrogen (secondary N) is 1. The maximum atomic E-state index is 6.40. The first-order valence-electron chi connectivity index (χ1n) is 8.50. The second-order valence-corrected chi connectivity index (χ2v) is 6.64. The van der Waals surface area contributed by atoms with Crippen LogP contribution in [0, 0.1) is 6.92 Å². The zero-order valence-corrected chi connectivity index (χ0v) is 14.8. The highest BCUT2D eigenvalue weighted by Gasteiger charge is 2.11. The first-order chi connectivity index (χ1) is 11.6. The second kappa shape index (κ2) is 7.81. The van der Waals surface area contributed by atoms with E-state index in [4.69, 9.17) is 17.3 Å². The van der Waals surface area contributed by atoms with Crippen LogP contribution in [0.25, 0.3) is 11.3 Å². The predicted molar refractivity (Wildman–Crippen MR) is 100 cm³/mol. The molecule has 1 aromatic heterocycles. The van der Waals surface area contributed by atoms with Gasteiger partial charge in [-0.3, -0.25) is 0 Å². The molecule has 24 heavy (non-hydrogen) atoms. The number of nitrogens with zero attached hydrogens (tertiary/aromatic N) is 3. The molecule has 0 saturated carbocycles. The van der Waals surface area contributed by atoms with E-state index in [1.165, 1.54) is 25.9 Å². The Kier molecular flexibility index (Phi) is 5.53. The van der Waals surface area contributed by atoms with E-state index in [1.54, 1.807) is 0 Å². The highest BCUT2D eigenvalue weighted by Crippen LogP contribution is 2.30. The summed E-state index contributed by atoms with van der Waals surface area (Å²) < 4.78 is 0. The van der Waals surface area contributed by atoms with Crippen LogP contribution in [0.4, 0.5) is 11.8 Å². The molecule has 1 aliphatic rings. The van der Waals surface area contributed by atoms with E-state index in [9.17, 15) is 0 Å². The van der Waals surface area contributed by atoms with Crippen molar-refractivity contribution in [3.63, 3.8) is 0 Å². The van der Waals surface area contributed by atoms with Gasteiger partial charge in [-0.25, -0.2) is 4.98 Å². The number of anilines is 2. The summed E-state index contributed by atoms with van der Waals surface area (Å²) in [6, 6.07) is 7.81.